The molecule has 33 heavy (non-hydrogen) atoms. The van der Waals surface area contributed by atoms with Crippen molar-refractivity contribution >= 4 is 38.6 Å². The highest BCUT2D eigenvalue weighted by Crippen LogP contribution is 2.32. The Morgan fingerprint density at radius 1 is 1.09 bits per heavy atom. The molecular weight excluding hydrogens is 486 g/mol. The van der Waals surface area contributed by atoms with Crippen molar-refractivity contribution in [1.29, 1.82) is 0 Å². The number of nitrogens with zero attached hydrogens (tertiary/aromatic N) is 5. The zero-order chi connectivity index (χ0) is 22.4. The molecule has 1 fully saturated rings. The third-order valence-corrected chi connectivity index (χ3v) is 6.70. The lowest BCUT2D eigenvalue weighted by Gasteiger charge is -2.18. The number of hydrogen-bond donors (Lipinski definition) is 0. The Hall–Kier alpha value is -3.33. The predicted octanol–water partition coefficient (Wildman–Crippen LogP) is 4.04. The van der Waals surface area contributed by atoms with Crippen LogP contribution in [0.5, 0.6) is 0 Å². The summed E-state index contributed by atoms with van der Waals surface area (Å²) in [5.74, 6) is 1.95. The van der Waals surface area contributed by atoms with Crippen molar-refractivity contribution in [1.82, 2.24) is 19.2 Å². The quantitative estimate of drug-likeness (QED) is 0.405. The van der Waals surface area contributed by atoms with Crippen molar-refractivity contribution in [2.75, 3.05) is 24.8 Å². The van der Waals surface area contributed by atoms with Crippen molar-refractivity contribution < 1.29 is 9.47 Å². The average molecular weight is 508 g/mol. The van der Waals surface area contributed by atoms with Gasteiger partial charge in [-0.15, -0.1) is 5.10 Å². The molecule has 2 aliphatic heterocycles. The first-order chi connectivity index (χ1) is 16.2. The van der Waals surface area contributed by atoms with Crippen molar-refractivity contribution in [2.24, 2.45) is 0 Å². The zero-order valence-electron chi connectivity index (χ0n) is 17.9. The standard InChI is InChI=1S/C24H22BrN5O3/c25-17-8-9-19-18(13-17)22(31)26-23-29(19)24(28-10-4-5-11-28)27-30(23)20(21-14-32-15-33-21)12-16-6-2-1-3-7-16/h1-3,6-9,13-14,20H,4-5,10-12,15H2. The van der Waals surface area contributed by atoms with E-state index in [0.717, 1.165) is 47.4 Å². The van der Waals surface area contributed by atoms with E-state index in [0.29, 0.717) is 23.3 Å². The maximum absolute atomic E-state index is 13.1. The van der Waals surface area contributed by atoms with E-state index in [4.69, 9.17) is 14.6 Å². The third kappa shape index (κ3) is 3.56. The van der Waals surface area contributed by atoms with Gasteiger partial charge in [0.15, 0.2) is 5.76 Å². The van der Waals surface area contributed by atoms with E-state index in [2.05, 4.69) is 37.9 Å². The van der Waals surface area contributed by atoms with Crippen LogP contribution < -0.4 is 10.5 Å². The lowest BCUT2D eigenvalue weighted by molar-refractivity contribution is 0.0706. The minimum Gasteiger partial charge on any atom is -0.462 e. The fraction of sp³-hybridized carbons (Fsp3) is 0.292. The van der Waals surface area contributed by atoms with Crippen molar-refractivity contribution in [3.63, 3.8) is 0 Å². The second-order valence-electron chi connectivity index (χ2n) is 8.31. The van der Waals surface area contributed by atoms with Gasteiger partial charge in [0.25, 0.3) is 5.56 Å². The first-order valence-electron chi connectivity index (χ1n) is 11.0. The van der Waals surface area contributed by atoms with Gasteiger partial charge in [0.1, 0.15) is 12.3 Å². The van der Waals surface area contributed by atoms with Gasteiger partial charge in [-0.05, 0) is 36.6 Å². The van der Waals surface area contributed by atoms with Crippen LogP contribution in [0.3, 0.4) is 0 Å². The zero-order valence-corrected chi connectivity index (χ0v) is 19.4. The largest absolute Gasteiger partial charge is 0.462 e. The molecule has 8 nitrogen and oxygen atoms in total. The number of allylic oxidation sites excluding steroid dienone is 1. The molecule has 0 N–H and O–H groups in total. The maximum atomic E-state index is 13.1. The first kappa shape index (κ1) is 20.3. The van der Waals surface area contributed by atoms with E-state index >= 15 is 0 Å². The summed E-state index contributed by atoms with van der Waals surface area (Å²) in [5.41, 5.74) is 1.64. The Bertz CT molecular complexity index is 1420. The molecule has 0 radical (unpaired) electrons. The van der Waals surface area contributed by atoms with Crippen molar-refractivity contribution in [2.45, 2.75) is 25.3 Å². The number of aromatic nitrogens is 4. The monoisotopic (exact) mass is 507 g/mol. The number of anilines is 1. The smallest absolute Gasteiger partial charge is 0.282 e. The van der Waals surface area contributed by atoms with Crippen molar-refractivity contribution in [3.05, 3.63) is 80.9 Å². The van der Waals surface area contributed by atoms with E-state index < -0.39 is 0 Å². The highest BCUT2D eigenvalue weighted by Gasteiger charge is 2.30. The van der Waals surface area contributed by atoms with Gasteiger partial charge in [0.2, 0.25) is 18.5 Å². The molecule has 2 aromatic heterocycles. The molecule has 1 saturated heterocycles. The molecule has 9 heteroatoms. The van der Waals surface area contributed by atoms with Gasteiger partial charge in [0.05, 0.1) is 10.9 Å². The van der Waals surface area contributed by atoms with E-state index in [1.807, 2.05) is 45.5 Å². The second-order valence-corrected chi connectivity index (χ2v) is 9.22. The van der Waals surface area contributed by atoms with Crippen LogP contribution in [-0.4, -0.2) is 39.0 Å². The van der Waals surface area contributed by atoms with Crippen LogP contribution in [0.2, 0.25) is 0 Å². The van der Waals surface area contributed by atoms with Gasteiger partial charge in [0, 0.05) is 24.0 Å². The Labute approximate surface area is 198 Å². The van der Waals surface area contributed by atoms with Crippen LogP contribution in [-0.2, 0) is 15.9 Å². The summed E-state index contributed by atoms with van der Waals surface area (Å²) in [5, 5.41) is 5.60. The molecule has 0 aliphatic carbocycles. The third-order valence-electron chi connectivity index (χ3n) is 6.21. The Morgan fingerprint density at radius 3 is 2.67 bits per heavy atom. The normalized spacial score (nSPS) is 16.8. The van der Waals surface area contributed by atoms with Crippen molar-refractivity contribution in [3.8, 4) is 0 Å². The number of fused-ring (bicyclic) bond motifs is 3. The molecule has 2 aromatic carbocycles. The predicted molar refractivity (Wildman–Crippen MR) is 128 cm³/mol. The summed E-state index contributed by atoms with van der Waals surface area (Å²) >= 11 is 3.48. The average Bonchev–Trinajstić information content (AvgIpc) is 3.59. The minimum atomic E-state index is -0.305. The molecule has 0 bridgehead atoms. The van der Waals surface area contributed by atoms with Crippen LogP contribution in [0, 0.1) is 0 Å². The fourth-order valence-electron chi connectivity index (χ4n) is 4.62. The number of hydrogen-bond acceptors (Lipinski definition) is 6. The van der Waals surface area contributed by atoms with E-state index in [-0.39, 0.29) is 18.4 Å². The summed E-state index contributed by atoms with van der Waals surface area (Å²) in [4.78, 5) is 19.8. The number of ether oxygens (including phenoxy) is 2. The first-order valence-corrected chi connectivity index (χ1v) is 11.8. The second kappa shape index (κ2) is 8.22. The number of halogens is 1. The van der Waals surface area contributed by atoms with Crippen LogP contribution in [0.4, 0.5) is 5.95 Å². The molecule has 4 aromatic rings. The van der Waals surface area contributed by atoms with E-state index in [1.54, 1.807) is 6.26 Å². The summed E-state index contributed by atoms with van der Waals surface area (Å²) in [7, 11) is 0. The van der Waals surface area contributed by atoms with Gasteiger partial charge in [-0.25, -0.2) is 9.08 Å². The van der Waals surface area contributed by atoms with Crippen LogP contribution in [0.1, 0.15) is 24.4 Å². The molecule has 0 spiro atoms. The van der Waals surface area contributed by atoms with Gasteiger partial charge in [-0.1, -0.05) is 46.3 Å². The number of rotatable bonds is 5. The highest BCUT2D eigenvalue weighted by atomic mass is 79.9. The number of benzene rings is 2. The van der Waals surface area contributed by atoms with Crippen LogP contribution >= 0.6 is 15.9 Å². The Balaban J connectivity index is 1.61. The summed E-state index contributed by atoms with van der Waals surface area (Å²) in [6.45, 7) is 2.01. The summed E-state index contributed by atoms with van der Waals surface area (Å²) in [6.07, 6.45) is 4.49. The van der Waals surface area contributed by atoms with E-state index in [1.165, 1.54) is 0 Å². The Morgan fingerprint density at radius 2 is 1.91 bits per heavy atom. The molecular formula is C24H22BrN5O3. The van der Waals surface area contributed by atoms with E-state index in [9.17, 15) is 4.79 Å². The molecule has 4 heterocycles. The SMILES string of the molecule is O=c1nc2n(C(Cc3ccccc3)C3=COCO3)nc(N3CCCC3)n2c2ccc(Br)cc12. The van der Waals surface area contributed by atoms with Gasteiger partial charge in [-0.3, -0.25) is 4.79 Å². The molecule has 0 amide bonds. The minimum absolute atomic E-state index is 0.170. The van der Waals surface area contributed by atoms with Gasteiger partial charge < -0.3 is 14.4 Å². The summed E-state index contributed by atoms with van der Waals surface area (Å²) in [6, 6.07) is 15.6. The topological polar surface area (TPSA) is 73.9 Å². The highest BCUT2D eigenvalue weighted by molar-refractivity contribution is 9.10. The van der Waals surface area contributed by atoms with Gasteiger partial charge in [-0.2, -0.15) is 4.98 Å². The lowest BCUT2D eigenvalue weighted by atomic mass is 10.0. The van der Waals surface area contributed by atoms with Crippen LogP contribution in [0.25, 0.3) is 16.7 Å². The Kier molecular flexibility index (Phi) is 5.05. The fourth-order valence-corrected chi connectivity index (χ4v) is 4.98. The lowest BCUT2D eigenvalue weighted by Crippen LogP contribution is -2.21. The molecule has 0 saturated carbocycles. The molecule has 168 valence electrons. The molecule has 1 unspecified atom stereocenters. The maximum Gasteiger partial charge on any atom is 0.282 e. The molecule has 2 aliphatic rings. The summed E-state index contributed by atoms with van der Waals surface area (Å²) < 4.78 is 15.9. The molecule has 6 rings (SSSR count). The van der Waals surface area contributed by atoms with Crippen LogP contribution in [0.15, 0.2) is 69.8 Å². The molecule has 1 atom stereocenters. The van der Waals surface area contributed by atoms with Gasteiger partial charge >= 0.3 is 0 Å².